The number of benzene rings is 1. The molecule has 0 fully saturated rings. The fraction of sp³-hybridized carbons (Fsp3) is 0.214. The number of hydrogen-bond donors (Lipinski definition) is 1. The van der Waals surface area contributed by atoms with Crippen molar-refractivity contribution in [3.63, 3.8) is 0 Å². The lowest BCUT2D eigenvalue weighted by molar-refractivity contribution is 0.798. The summed E-state index contributed by atoms with van der Waals surface area (Å²) in [4.78, 5) is 5.83. The second-order valence-electron chi connectivity index (χ2n) is 4.31. The highest BCUT2D eigenvalue weighted by Gasteiger charge is 2.13. The van der Waals surface area contributed by atoms with Crippen LogP contribution in [-0.2, 0) is 13.1 Å². The van der Waals surface area contributed by atoms with Crippen LogP contribution < -0.4 is 5.73 Å². The van der Waals surface area contributed by atoms with Gasteiger partial charge in [0.05, 0.1) is 20.2 Å². The lowest BCUT2D eigenvalue weighted by Crippen LogP contribution is -1.97. The van der Waals surface area contributed by atoms with E-state index >= 15 is 0 Å². The number of fused-ring (bicyclic) bond motifs is 1. The van der Waals surface area contributed by atoms with Crippen molar-refractivity contribution in [3.8, 4) is 10.7 Å². The molecule has 3 nitrogen and oxygen atoms in total. The number of hydrogen-bond acceptors (Lipinski definition) is 3. The Morgan fingerprint density at radius 1 is 1.32 bits per heavy atom. The van der Waals surface area contributed by atoms with Crippen LogP contribution in [0.1, 0.15) is 12.5 Å². The summed E-state index contributed by atoms with van der Waals surface area (Å²) in [5.41, 5.74) is 8.91. The van der Waals surface area contributed by atoms with Crippen molar-refractivity contribution in [2.45, 2.75) is 20.0 Å². The number of thiophene rings is 1. The molecule has 5 heteroatoms. The minimum atomic E-state index is 0.537. The van der Waals surface area contributed by atoms with Crippen LogP contribution in [0.15, 0.2) is 30.3 Å². The van der Waals surface area contributed by atoms with Gasteiger partial charge in [0.15, 0.2) is 5.82 Å². The smallest absolute Gasteiger partial charge is 0.151 e. The Balaban J connectivity index is 2.24. The van der Waals surface area contributed by atoms with Gasteiger partial charge in [-0.05, 0) is 36.8 Å². The van der Waals surface area contributed by atoms with Crippen molar-refractivity contribution in [1.82, 2.24) is 9.55 Å². The van der Waals surface area contributed by atoms with E-state index in [0.29, 0.717) is 6.54 Å². The first-order valence-electron chi connectivity index (χ1n) is 6.18. The molecule has 0 saturated heterocycles. The number of aryl methyl sites for hydroxylation is 1. The highest BCUT2D eigenvalue weighted by Crippen LogP contribution is 2.32. The zero-order chi connectivity index (χ0) is 13.4. The van der Waals surface area contributed by atoms with Crippen molar-refractivity contribution in [1.29, 1.82) is 0 Å². The summed E-state index contributed by atoms with van der Waals surface area (Å²) in [5, 5.41) is 0. The molecule has 0 aliphatic heterocycles. The zero-order valence-corrected chi connectivity index (χ0v) is 12.1. The fourth-order valence-electron chi connectivity index (χ4n) is 2.25. The molecule has 0 bridgehead atoms. The average molecular weight is 292 g/mol. The van der Waals surface area contributed by atoms with E-state index in [4.69, 9.17) is 22.3 Å². The second kappa shape index (κ2) is 4.96. The molecule has 0 spiro atoms. The minimum absolute atomic E-state index is 0.537. The monoisotopic (exact) mass is 291 g/mol. The van der Waals surface area contributed by atoms with Crippen molar-refractivity contribution in [3.05, 3.63) is 40.2 Å². The molecule has 0 amide bonds. The third-order valence-electron chi connectivity index (χ3n) is 3.16. The Hall–Kier alpha value is -1.36. The standard InChI is InChI=1S/C14H14ClN3S/c1-2-18-11-4-3-9(8-16)7-10(11)17-14(18)12-5-6-13(15)19-12/h3-7H,2,8,16H2,1H3. The van der Waals surface area contributed by atoms with Gasteiger partial charge in [0.1, 0.15) is 0 Å². The summed E-state index contributed by atoms with van der Waals surface area (Å²) in [5.74, 6) is 0.976. The van der Waals surface area contributed by atoms with Gasteiger partial charge >= 0.3 is 0 Å². The van der Waals surface area contributed by atoms with Gasteiger partial charge in [-0.3, -0.25) is 0 Å². The van der Waals surface area contributed by atoms with Gasteiger partial charge in [0, 0.05) is 13.1 Å². The fourth-order valence-corrected chi connectivity index (χ4v) is 3.29. The third-order valence-corrected chi connectivity index (χ3v) is 4.39. The van der Waals surface area contributed by atoms with Gasteiger partial charge in [-0.25, -0.2) is 4.98 Å². The molecule has 0 saturated carbocycles. The van der Waals surface area contributed by atoms with Gasteiger partial charge in [-0.1, -0.05) is 17.7 Å². The predicted octanol–water partition coefficient (Wildman–Crippen LogP) is 3.90. The summed E-state index contributed by atoms with van der Waals surface area (Å²) >= 11 is 7.57. The summed E-state index contributed by atoms with van der Waals surface area (Å²) < 4.78 is 2.99. The van der Waals surface area contributed by atoms with E-state index < -0.39 is 0 Å². The molecule has 3 rings (SSSR count). The Labute approximate surface area is 120 Å². The highest BCUT2D eigenvalue weighted by atomic mass is 35.5. The number of halogens is 1. The number of nitrogens with two attached hydrogens (primary N) is 1. The summed E-state index contributed by atoms with van der Waals surface area (Å²) in [7, 11) is 0. The van der Waals surface area contributed by atoms with Crippen molar-refractivity contribution < 1.29 is 0 Å². The number of imidazole rings is 1. The molecule has 0 atom stereocenters. The van der Waals surface area contributed by atoms with E-state index in [2.05, 4.69) is 29.7 Å². The van der Waals surface area contributed by atoms with Crippen LogP contribution in [0.4, 0.5) is 0 Å². The molecule has 2 heterocycles. The molecule has 98 valence electrons. The average Bonchev–Trinajstić information content (AvgIpc) is 3.00. The quantitative estimate of drug-likeness (QED) is 0.795. The third kappa shape index (κ3) is 2.16. The van der Waals surface area contributed by atoms with E-state index in [1.807, 2.05) is 12.1 Å². The van der Waals surface area contributed by atoms with Crippen LogP contribution in [-0.4, -0.2) is 9.55 Å². The van der Waals surface area contributed by atoms with E-state index in [1.165, 1.54) is 0 Å². The van der Waals surface area contributed by atoms with Gasteiger partial charge in [-0.15, -0.1) is 11.3 Å². The Morgan fingerprint density at radius 2 is 2.16 bits per heavy atom. The maximum Gasteiger partial charge on any atom is 0.151 e. The minimum Gasteiger partial charge on any atom is -0.326 e. The van der Waals surface area contributed by atoms with E-state index in [1.54, 1.807) is 11.3 Å². The molecule has 1 aromatic carbocycles. The first-order chi connectivity index (χ1) is 9.22. The van der Waals surface area contributed by atoms with Crippen LogP contribution >= 0.6 is 22.9 Å². The normalized spacial score (nSPS) is 11.3. The van der Waals surface area contributed by atoms with Crippen LogP contribution in [0.5, 0.6) is 0 Å². The first kappa shape index (κ1) is 12.7. The molecule has 3 aromatic rings. The van der Waals surface area contributed by atoms with Crippen molar-refractivity contribution in [2.24, 2.45) is 5.73 Å². The van der Waals surface area contributed by atoms with Crippen LogP contribution in [0.2, 0.25) is 4.34 Å². The van der Waals surface area contributed by atoms with Gasteiger partial charge in [0.2, 0.25) is 0 Å². The Kier molecular flexibility index (Phi) is 3.31. The van der Waals surface area contributed by atoms with Crippen LogP contribution in [0.3, 0.4) is 0 Å². The van der Waals surface area contributed by atoms with E-state index in [9.17, 15) is 0 Å². The summed E-state index contributed by atoms with van der Waals surface area (Å²) in [6, 6.07) is 10.1. The second-order valence-corrected chi connectivity index (χ2v) is 6.03. The zero-order valence-electron chi connectivity index (χ0n) is 10.6. The lowest BCUT2D eigenvalue weighted by Gasteiger charge is -2.04. The van der Waals surface area contributed by atoms with Crippen molar-refractivity contribution >= 4 is 34.0 Å². The topological polar surface area (TPSA) is 43.8 Å². The Morgan fingerprint density at radius 3 is 2.79 bits per heavy atom. The molecule has 2 N–H and O–H groups in total. The van der Waals surface area contributed by atoms with E-state index in [-0.39, 0.29) is 0 Å². The summed E-state index contributed by atoms with van der Waals surface area (Å²) in [6.07, 6.45) is 0. The van der Waals surface area contributed by atoms with Crippen molar-refractivity contribution in [2.75, 3.05) is 0 Å². The molecular formula is C14H14ClN3S. The molecule has 0 aliphatic carbocycles. The number of nitrogens with zero attached hydrogens (tertiary/aromatic N) is 2. The van der Waals surface area contributed by atoms with Gasteiger partial charge < -0.3 is 10.3 Å². The molecule has 19 heavy (non-hydrogen) atoms. The Bertz CT molecular complexity index is 729. The molecular weight excluding hydrogens is 278 g/mol. The maximum atomic E-state index is 6.02. The van der Waals surface area contributed by atoms with Gasteiger partial charge in [0.25, 0.3) is 0 Å². The van der Waals surface area contributed by atoms with E-state index in [0.717, 1.165) is 38.2 Å². The SMILES string of the molecule is CCn1c(-c2ccc(Cl)s2)nc2cc(CN)ccc21. The maximum absolute atomic E-state index is 6.02. The first-order valence-corrected chi connectivity index (χ1v) is 7.37. The van der Waals surface area contributed by atoms with Crippen LogP contribution in [0.25, 0.3) is 21.7 Å². The number of aromatic nitrogens is 2. The summed E-state index contributed by atoms with van der Waals surface area (Å²) in [6.45, 7) is 3.54. The molecule has 0 aliphatic rings. The van der Waals surface area contributed by atoms with Crippen LogP contribution in [0, 0.1) is 0 Å². The highest BCUT2D eigenvalue weighted by molar-refractivity contribution is 7.19. The lowest BCUT2D eigenvalue weighted by atomic mass is 10.2. The van der Waals surface area contributed by atoms with Gasteiger partial charge in [-0.2, -0.15) is 0 Å². The number of rotatable bonds is 3. The predicted molar refractivity (Wildman–Crippen MR) is 81.6 cm³/mol. The molecule has 0 unspecified atom stereocenters. The largest absolute Gasteiger partial charge is 0.326 e. The molecule has 0 radical (unpaired) electrons. The molecule has 2 aromatic heterocycles.